The molecule has 4 nitrogen and oxygen atoms in total. The zero-order valence-corrected chi connectivity index (χ0v) is 13.0. The first-order chi connectivity index (χ1) is 11.2. The molecule has 2 fully saturated rings. The lowest BCUT2D eigenvalue weighted by Crippen LogP contribution is -2.28. The molecule has 0 unspecified atom stereocenters. The summed E-state index contributed by atoms with van der Waals surface area (Å²) in [6.07, 6.45) is 5.29. The monoisotopic (exact) mass is 313 g/mol. The summed E-state index contributed by atoms with van der Waals surface area (Å²) < 4.78 is 14.4. The molecule has 1 N–H and O–H groups in total. The number of carbonyl (C=O) groups excluding carboxylic acids is 1. The number of fused-ring (bicyclic) bond motifs is 1. The molecule has 2 aliphatic rings. The summed E-state index contributed by atoms with van der Waals surface area (Å²) in [5.74, 6) is 0.536. The van der Waals surface area contributed by atoms with Gasteiger partial charge in [0, 0.05) is 30.1 Å². The number of aromatic nitrogens is 1. The smallest absolute Gasteiger partial charge is 0.227 e. The summed E-state index contributed by atoms with van der Waals surface area (Å²) >= 11 is 0. The molecule has 0 radical (unpaired) electrons. The first-order valence-electron chi connectivity index (χ1n) is 8.37. The van der Waals surface area contributed by atoms with Crippen LogP contribution in [-0.2, 0) is 4.79 Å². The van der Waals surface area contributed by atoms with Crippen LogP contribution < -0.4 is 10.2 Å². The number of pyridine rings is 1. The van der Waals surface area contributed by atoms with E-state index in [4.69, 9.17) is 0 Å². The fraction of sp³-hybridized carbons (Fsp3) is 0.444. The van der Waals surface area contributed by atoms with Gasteiger partial charge in [0.15, 0.2) is 5.82 Å². The highest BCUT2D eigenvalue weighted by Crippen LogP contribution is 2.29. The lowest BCUT2D eigenvalue weighted by atomic mass is 9.85. The molecule has 120 valence electrons. The summed E-state index contributed by atoms with van der Waals surface area (Å²) in [6.45, 7) is 1.96. The van der Waals surface area contributed by atoms with Crippen molar-refractivity contribution in [2.75, 3.05) is 23.3 Å². The molecule has 1 aromatic heterocycles. The van der Waals surface area contributed by atoms with Crippen LogP contribution in [0.3, 0.4) is 0 Å². The van der Waals surface area contributed by atoms with Gasteiger partial charge in [-0.15, -0.1) is 0 Å². The van der Waals surface area contributed by atoms with Gasteiger partial charge < -0.3 is 10.2 Å². The van der Waals surface area contributed by atoms with E-state index < -0.39 is 0 Å². The molecule has 1 aliphatic carbocycles. The maximum atomic E-state index is 14.4. The van der Waals surface area contributed by atoms with Crippen LogP contribution in [0.15, 0.2) is 24.3 Å². The van der Waals surface area contributed by atoms with Gasteiger partial charge >= 0.3 is 0 Å². The molecule has 4 rings (SSSR count). The lowest BCUT2D eigenvalue weighted by molar-refractivity contribution is -0.122. The zero-order chi connectivity index (χ0) is 15.8. The molecule has 1 aliphatic heterocycles. The molecule has 1 saturated heterocycles. The predicted octanol–water partition coefficient (Wildman–Crippen LogP) is 3.71. The molecular formula is C18H20FN3O. The standard InChI is InChI=1S/C18H20FN3O/c19-15-11-14(20-18(23)12-4-3-5-12)10-13-6-7-16(21-17(13)15)22-8-1-2-9-22/h6-7,10-12H,1-5,8-9H2,(H,20,23). The summed E-state index contributed by atoms with van der Waals surface area (Å²) in [5.41, 5.74) is 0.888. The van der Waals surface area contributed by atoms with E-state index in [9.17, 15) is 9.18 Å². The van der Waals surface area contributed by atoms with Gasteiger partial charge in [-0.25, -0.2) is 9.37 Å². The third-order valence-electron chi connectivity index (χ3n) is 4.90. The van der Waals surface area contributed by atoms with Crippen molar-refractivity contribution in [3.8, 4) is 0 Å². The van der Waals surface area contributed by atoms with Gasteiger partial charge in [-0.3, -0.25) is 4.79 Å². The molecule has 0 spiro atoms. The molecule has 0 atom stereocenters. The van der Waals surface area contributed by atoms with Crippen LogP contribution in [0.25, 0.3) is 10.9 Å². The Morgan fingerprint density at radius 2 is 1.96 bits per heavy atom. The van der Waals surface area contributed by atoms with E-state index in [1.54, 1.807) is 6.07 Å². The lowest BCUT2D eigenvalue weighted by Gasteiger charge is -2.24. The van der Waals surface area contributed by atoms with E-state index in [0.717, 1.165) is 56.4 Å². The number of rotatable bonds is 3. The average molecular weight is 313 g/mol. The van der Waals surface area contributed by atoms with Crippen LogP contribution in [0.4, 0.5) is 15.9 Å². The van der Waals surface area contributed by atoms with Crippen LogP contribution >= 0.6 is 0 Å². The molecule has 2 aromatic rings. The molecule has 5 heteroatoms. The average Bonchev–Trinajstić information content (AvgIpc) is 2.99. The molecule has 1 amide bonds. The molecular weight excluding hydrogens is 293 g/mol. The van der Waals surface area contributed by atoms with Crippen LogP contribution in [0.1, 0.15) is 32.1 Å². The van der Waals surface area contributed by atoms with Crippen molar-refractivity contribution in [1.29, 1.82) is 0 Å². The fourth-order valence-electron chi connectivity index (χ4n) is 3.29. The first kappa shape index (κ1) is 14.4. The highest BCUT2D eigenvalue weighted by Gasteiger charge is 2.25. The van der Waals surface area contributed by atoms with Gasteiger partial charge in [0.25, 0.3) is 0 Å². The van der Waals surface area contributed by atoms with E-state index in [2.05, 4.69) is 15.2 Å². The second kappa shape index (κ2) is 5.80. The second-order valence-corrected chi connectivity index (χ2v) is 6.51. The van der Waals surface area contributed by atoms with Crippen molar-refractivity contribution < 1.29 is 9.18 Å². The maximum absolute atomic E-state index is 14.4. The number of amides is 1. The number of nitrogens with zero attached hydrogens (tertiary/aromatic N) is 2. The van der Waals surface area contributed by atoms with Crippen molar-refractivity contribution in [2.24, 2.45) is 5.92 Å². The quantitative estimate of drug-likeness (QED) is 0.939. The Bertz CT molecular complexity index is 751. The Hall–Kier alpha value is -2.17. The summed E-state index contributed by atoms with van der Waals surface area (Å²) in [6, 6.07) is 7.00. The maximum Gasteiger partial charge on any atom is 0.227 e. The van der Waals surface area contributed by atoms with E-state index >= 15 is 0 Å². The molecule has 2 heterocycles. The number of nitrogens with one attached hydrogen (secondary N) is 1. The SMILES string of the molecule is O=C(Nc1cc(F)c2nc(N3CCCC3)ccc2c1)C1CCC1. The van der Waals surface area contributed by atoms with Gasteiger partial charge in [0.2, 0.25) is 5.91 Å². The van der Waals surface area contributed by atoms with Crippen LogP contribution in [0, 0.1) is 11.7 Å². The van der Waals surface area contributed by atoms with E-state index in [1.165, 1.54) is 6.07 Å². The van der Waals surface area contributed by atoms with Gasteiger partial charge in [-0.05, 0) is 49.9 Å². The molecule has 1 saturated carbocycles. The van der Waals surface area contributed by atoms with Crippen molar-refractivity contribution >= 4 is 28.3 Å². The fourth-order valence-corrected chi connectivity index (χ4v) is 3.29. The second-order valence-electron chi connectivity index (χ2n) is 6.51. The van der Waals surface area contributed by atoms with E-state index in [0.29, 0.717) is 11.2 Å². The zero-order valence-electron chi connectivity index (χ0n) is 13.0. The van der Waals surface area contributed by atoms with Crippen LogP contribution in [0.5, 0.6) is 0 Å². The van der Waals surface area contributed by atoms with Gasteiger partial charge in [0.05, 0.1) is 0 Å². The number of halogens is 1. The Kier molecular flexibility index (Phi) is 3.63. The highest BCUT2D eigenvalue weighted by atomic mass is 19.1. The minimum atomic E-state index is -0.382. The van der Waals surface area contributed by atoms with Gasteiger partial charge in [-0.2, -0.15) is 0 Å². The highest BCUT2D eigenvalue weighted by molar-refractivity contribution is 5.95. The summed E-state index contributed by atoms with van der Waals surface area (Å²) in [4.78, 5) is 18.7. The summed E-state index contributed by atoms with van der Waals surface area (Å²) in [5, 5.41) is 3.55. The van der Waals surface area contributed by atoms with Crippen LogP contribution in [-0.4, -0.2) is 24.0 Å². The van der Waals surface area contributed by atoms with Crippen molar-refractivity contribution in [2.45, 2.75) is 32.1 Å². The number of hydrogen-bond donors (Lipinski definition) is 1. The number of hydrogen-bond acceptors (Lipinski definition) is 3. The normalized spacial score (nSPS) is 18.2. The first-order valence-corrected chi connectivity index (χ1v) is 8.37. The predicted molar refractivity (Wildman–Crippen MR) is 89.1 cm³/mol. The Balaban J connectivity index is 1.62. The van der Waals surface area contributed by atoms with Crippen molar-refractivity contribution in [3.05, 3.63) is 30.1 Å². The number of anilines is 2. The minimum Gasteiger partial charge on any atom is -0.357 e. The number of carbonyl (C=O) groups is 1. The van der Waals surface area contributed by atoms with Gasteiger partial charge in [-0.1, -0.05) is 6.42 Å². The third-order valence-corrected chi connectivity index (χ3v) is 4.90. The Labute approximate surface area is 134 Å². The minimum absolute atomic E-state index is 0.00311. The molecule has 0 bridgehead atoms. The van der Waals surface area contributed by atoms with E-state index in [-0.39, 0.29) is 17.6 Å². The largest absolute Gasteiger partial charge is 0.357 e. The van der Waals surface area contributed by atoms with Crippen molar-refractivity contribution in [1.82, 2.24) is 4.98 Å². The topological polar surface area (TPSA) is 45.2 Å². The van der Waals surface area contributed by atoms with Gasteiger partial charge in [0.1, 0.15) is 11.3 Å². The number of benzene rings is 1. The summed E-state index contributed by atoms with van der Waals surface area (Å²) in [7, 11) is 0. The third kappa shape index (κ3) is 2.76. The molecule has 23 heavy (non-hydrogen) atoms. The Morgan fingerprint density at radius 3 is 2.65 bits per heavy atom. The Morgan fingerprint density at radius 1 is 1.17 bits per heavy atom. The molecule has 1 aromatic carbocycles. The van der Waals surface area contributed by atoms with Crippen molar-refractivity contribution in [3.63, 3.8) is 0 Å². The van der Waals surface area contributed by atoms with E-state index in [1.807, 2.05) is 12.1 Å². The van der Waals surface area contributed by atoms with Crippen LogP contribution in [0.2, 0.25) is 0 Å².